The van der Waals surface area contributed by atoms with Crippen LogP contribution < -0.4 is 0 Å². The van der Waals surface area contributed by atoms with Gasteiger partial charge in [-0.2, -0.15) is 0 Å². The lowest BCUT2D eigenvalue weighted by molar-refractivity contribution is -0.137. The second-order valence-corrected chi connectivity index (χ2v) is 6.28. The number of carboxylic acids is 1. The fourth-order valence-electron chi connectivity index (χ4n) is 2.92. The first-order valence-electron chi connectivity index (χ1n) is 9.15. The van der Waals surface area contributed by atoms with Gasteiger partial charge in [-0.1, -0.05) is 68.2 Å². The quantitative estimate of drug-likeness (QED) is 0.534. The maximum Gasteiger partial charge on any atom is 0.303 e. The number of allylic oxidation sites excluding steroid dienone is 1. The van der Waals surface area contributed by atoms with Crippen LogP contribution in [-0.4, -0.2) is 16.1 Å². The Hall–Kier alpha value is -2.42. The summed E-state index contributed by atoms with van der Waals surface area (Å²) in [4.78, 5) is 14.7. The van der Waals surface area contributed by atoms with Crippen molar-refractivity contribution in [2.24, 2.45) is 0 Å². The molecule has 0 saturated carbocycles. The zero-order chi connectivity index (χ0) is 17.7. The van der Waals surface area contributed by atoms with E-state index < -0.39 is 5.97 Å². The molecule has 132 valence electrons. The number of benzene rings is 1. The highest BCUT2D eigenvalue weighted by Gasteiger charge is 2.04. The first kappa shape index (κ1) is 18.9. The van der Waals surface area contributed by atoms with Crippen molar-refractivity contribution in [3.8, 4) is 0 Å². The standard InChI is InChI=1S/C22H27NO2/c24-22(25)16-10-5-3-1-2-4-9-15-21(19-12-7-6-8-13-19)20-14-11-17-23-18-20/h6-8,11-15,17-18H,1-5,9-10,16H2,(H,24,25)/b21-15-. The average Bonchev–Trinajstić information content (AvgIpc) is 2.64. The van der Waals surface area contributed by atoms with E-state index in [1.807, 2.05) is 18.3 Å². The van der Waals surface area contributed by atoms with Crippen LogP contribution >= 0.6 is 0 Å². The molecule has 1 aromatic heterocycles. The van der Waals surface area contributed by atoms with Crippen LogP contribution in [0.5, 0.6) is 0 Å². The minimum atomic E-state index is -0.686. The van der Waals surface area contributed by atoms with Gasteiger partial charge in [0.05, 0.1) is 0 Å². The molecule has 2 rings (SSSR count). The topological polar surface area (TPSA) is 50.2 Å². The fourth-order valence-corrected chi connectivity index (χ4v) is 2.92. The Balaban J connectivity index is 1.80. The van der Waals surface area contributed by atoms with Crippen LogP contribution in [0.25, 0.3) is 5.57 Å². The Morgan fingerprint density at radius 2 is 1.56 bits per heavy atom. The van der Waals surface area contributed by atoms with E-state index in [1.54, 1.807) is 6.20 Å². The predicted octanol–water partition coefficient (Wildman–Crippen LogP) is 5.72. The van der Waals surface area contributed by atoms with Gasteiger partial charge < -0.3 is 5.11 Å². The summed E-state index contributed by atoms with van der Waals surface area (Å²) >= 11 is 0. The van der Waals surface area contributed by atoms with E-state index in [2.05, 4.69) is 41.4 Å². The Morgan fingerprint density at radius 3 is 2.24 bits per heavy atom. The third kappa shape index (κ3) is 7.34. The molecule has 0 spiro atoms. The maximum atomic E-state index is 10.5. The number of carbonyl (C=O) groups is 1. The smallest absolute Gasteiger partial charge is 0.303 e. The highest BCUT2D eigenvalue weighted by molar-refractivity contribution is 5.79. The SMILES string of the molecule is O=C(O)CCCCCCCC/C=C(/c1ccccc1)c1cccnc1. The number of nitrogens with zero attached hydrogens (tertiary/aromatic N) is 1. The Morgan fingerprint density at radius 1 is 0.880 bits per heavy atom. The lowest BCUT2D eigenvalue weighted by atomic mass is 9.97. The predicted molar refractivity (Wildman–Crippen MR) is 102 cm³/mol. The molecule has 0 fully saturated rings. The molecule has 0 radical (unpaired) electrons. The monoisotopic (exact) mass is 337 g/mol. The molecule has 0 bridgehead atoms. The third-order valence-electron chi connectivity index (χ3n) is 4.25. The van der Waals surface area contributed by atoms with E-state index in [0.717, 1.165) is 37.7 Å². The molecular formula is C22H27NO2. The summed E-state index contributed by atoms with van der Waals surface area (Å²) < 4.78 is 0. The van der Waals surface area contributed by atoms with Crippen LogP contribution in [0.3, 0.4) is 0 Å². The summed E-state index contributed by atoms with van der Waals surface area (Å²) in [7, 11) is 0. The normalized spacial score (nSPS) is 11.4. The summed E-state index contributed by atoms with van der Waals surface area (Å²) in [5.41, 5.74) is 3.63. The van der Waals surface area contributed by atoms with Gasteiger partial charge in [0.2, 0.25) is 0 Å². The molecule has 1 heterocycles. The van der Waals surface area contributed by atoms with Gasteiger partial charge in [0.15, 0.2) is 0 Å². The molecule has 0 aliphatic carbocycles. The van der Waals surface area contributed by atoms with E-state index >= 15 is 0 Å². The van der Waals surface area contributed by atoms with Crippen molar-refractivity contribution in [3.63, 3.8) is 0 Å². The van der Waals surface area contributed by atoms with Gasteiger partial charge in [0, 0.05) is 24.4 Å². The molecule has 1 N–H and O–H groups in total. The summed E-state index contributed by atoms with van der Waals surface area (Å²) in [6, 6.07) is 14.5. The highest BCUT2D eigenvalue weighted by Crippen LogP contribution is 2.23. The van der Waals surface area contributed by atoms with Crippen LogP contribution in [0.15, 0.2) is 60.9 Å². The van der Waals surface area contributed by atoms with Crippen LogP contribution in [0, 0.1) is 0 Å². The molecule has 0 atom stereocenters. The summed E-state index contributed by atoms with van der Waals surface area (Å²) in [5, 5.41) is 8.62. The minimum Gasteiger partial charge on any atom is -0.481 e. The van der Waals surface area contributed by atoms with Gasteiger partial charge in [-0.25, -0.2) is 0 Å². The number of aliphatic carboxylic acids is 1. The number of hydrogen-bond acceptors (Lipinski definition) is 2. The molecule has 0 amide bonds. The molecule has 0 aliphatic heterocycles. The average molecular weight is 337 g/mol. The van der Waals surface area contributed by atoms with Gasteiger partial charge in [-0.15, -0.1) is 0 Å². The van der Waals surface area contributed by atoms with Crippen LogP contribution in [0.4, 0.5) is 0 Å². The first-order chi connectivity index (χ1) is 12.3. The number of hydrogen-bond donors (Lipinski definition) is 1. The van der Waals surface area contributed by atoms with E-state index in [4.69, 9.17) is 5.11 Å². The second kappa shape index (κ2) is 11.2. The number of aromatic nitrogens is 1. The molecule has 0 aliphatic rings. The van der Waals surface area contributed by atoms with Gasteiger partial charge >= 0.3 is 5.97 Å². The Bertz CT molecular complexity index is 609. The van der Waals surface area contributed by atoms with Crippen molar-refractivity contribution < 1.29 is 9.90 Å². The van der Waals surface area contributed by atoms with Gasteiger partial charge in [0.25, 0.3) is 0 Å². The van der Waals surface area contributed by atoms with Crippen molar-refractivity contribution in [3.05, 3.63) is 72.1 Å². The molecule has 25 heavy (non-hydrogen) atoms. The molecular weight excluding hydrogens is 310 g/mol. The van der Waals surface area contributed by atoms with E-state index in [-0.39, 0.29) is 0 Å². The van der Waals surface area contributed by atoms with Crippen LogP contribution in [0.2, 0.25) is 0 Å². The summed E-state index contributed by atoms with van der Waals surface area (Å²) in [5.74, 6) is -0.686. The number of pyridine rings is 1. The first-order valence-corrected chi connectivity index (χ1v) is 9.15. The van der Waals surface area contributed by atoms with Gasteiger partial charge in [-0.05, 0) is 36.5 Å². The molecule has 0 saturated heterocycles. The third-order valence-corrected chi connectivity index (χ3v) is 4.25. The number of unbranched alkanes of at least 4 members (excludes halogenated alkanes) is 6. The molecule has 0 unspecified atom stereocenters. The lowest BCUT2D eigenvalue weighted by Crippen LogP contribution is -1.93. The Kier molecular flexibility index (Phi) is 8.46. The summed E-state index contributed by atoms with van der Waals surface area (Å²) in [6.45, 7) is 0. The van der Waals surface area contributed by atoms with Gasteiger partial charge in [0.1, 0.15) is 0 Å². The van der Waals surface area contributed by atoms with Crippen LogP contribution in [0.1, 0.15) is 62.5 Å². The zero-order valence-electron chi connectivity index (χ0n) is 14.7. The second-order valence-electron chi connectivity index (χ2n) is 6.28. The fraction of sp³-hybridized carbons (Fsp3) is 0.364. The summed E-state index contributed by atoms with van der Waals surface area (Å²) in [6.07, 6.45) is 13.9. The van der Waals surface area contributed by atoms with E-state index in [9.17, 15) is 4.79 Å². The number of carboxylic acid groups (broad SMARTS) is 1. The largest absolute Gasteiger partial charge is 0.481 e. The lowest BCUT2D eigenvalue weighted by Gasteiger charge is -2.08. The van der Waals surface area contributed by atoms with Crippen molar-refractivity contribution in [2.45, 2.75) is 51.4 Å². The van der Waals surface area contributed by atoms with Crippen LogP contribution in [-0.2, 0) is 4.79 Å². The van der Waals surface area contributed by atoms with Gasteiger partial charge in [-0.3, -0.25) is 9.78 Å². The van der Waals surface area contributed by atoms with Crippen molar-refractivity contribution in [1.29, 1.82) is 0 Å². The van der Waals surface area contributed by atoms with Crippen molar-refractivity contribution in [2.75, 3.05) is 0 Å². The molecule has 2 aromatic rings. The van der Waals surface area contributed by atoms with Crippen molar-refractivity contribution >= 4 is 11.5 Å². The highest BCUT2D eigenvalue weighted by atomic mass is 16.4. The molecule has 1 aromatic carbocycles. The maximum absolute atomic E-state index is 10.5. The molecule has 3 heteroatoms. The van der Waals surface area contributed by atoms with E-state index in [0.29, 0.717) is 6.42 Å². The zero-order valence-corrected chi connectivity index (χ0v) is 14.7. The van der Waals surface area contributed by atoms with Crippen molar-refractivity contribution in [1.82, 2.24) is 4.98 Å². The van der Waals surface area contributed by atoms with E-state index in [1.165, 1.54) is 24.0 Å². The Labute approximate surface area is 150 Å². The minimum absolute atomic E-state index is 0.300. The number of rotatable bonds is 11. The molecule has 3 nitrogen and oxygen atoms in total.